The predicted molar refractivity (Wildman–Crippen MR) is 240 cm³/mol. The van der Waals surface area contributed by atoms with Crippen molar-refractivity contribution in [1.29, 1.82) is 0 Å². The third-order valence-electron chi connectivity index (χ3n) is 12.1. The number of unbranched alkanes of at least 4 members (excludes halogenated alkanes) is 25. The third-order valence-corrected chi connectivity index (χ3v) is 12.1. The van der Waals surface area contributed by atoms with Crippen molar-refractivity contribution in [3.63, 3.8) is 0 Å². The number of carbonyl (C=O) groups excluding carboxylic acids is 1. The van der Waals surface area contributed by atoms with E-state index < -0.39 is 67.5 Å². The maximum absolute atomic E-state index is 13.1. The van der Waals surface area contributed by atoms with Crippen LogP contribution in [0.4, 0.5) is 0 Å². The largest absolute Gasteiger partial charge is 0.394 e. The molecule has 0 saturated carbocycles. The molecule has 9 N–H and O–H groups in total. The van der Waals surface area contributed by atoms with Crippen molar-refractivity contribution in [3.8, 4) is 0 Å². The van der Waals surface area contributed by atoms with Gasteiger partial charge in [-0.1, -0.05) is 200 Å². The normalized spacial score (nSPS) is 21.9. The second kappa shape index (κ2) is 37.4. The van der Waals surface area contributed by atoms with Gasteiger partial charge in [0.25, 0.3) is 0 Å². The van der Waals surface area contributed by atoms with Gasteiger partial charge < -0.3 is 51.2 Å². The molecule has 11 heteroatoms. The van der Waals surface area contributed by atoms with Gasteiger partial charge in [-0.25, -0.2) is 0 Å². The summed E-state index contributed by atoms with van der Waals surface area (Å²) < 4.78 is 11.3. The van der Waals surface area contributed by atoms with Gasteiger partial charge in [0.15, 0.2) is 6.29 Å². The van der Waals surface area contributed by atoms with Crippen LogP contribution in [-0.4, -0.2) is 105 Å². The van der Waals surface area contributed by atoms with Gasteiger partial charge in [-0.2, -0.15) is 0 Å². The van der Waals surface area contributed by atoms with E-state index in [0.29, 0.717) is 6.42 Å². The topological polar surface area (TPSA) is 195 Å². The number of nitrogens with one attached hydrogen (secondary N) is 1. The molecule has 0 aromatic rings. The first-order valence-electron chi connectivity index (χ1n) is 24.5. The average molecular weight is 843 g/mol. The zero-order chi connectivity index (χ0) is 43.5. The smallest absolute Gasteiger partial charge is 0.249 e. The average Bonchev–Trinajstić information content (AvgIpc) is 3.22. The highest BCUT2D eigenvalue weighted by Gasteiger charge is 2.43. The Morgan fingerprint density at radius 1 is 0.678 bits per heavy atom. The Labute approximate surface area is 360 Å². The summed E-state index contributed by atoms with van der Waals surface area (Å²) in [5.41, 5.74) is 6.03. The second-order valence-electron chi connectivity index (χ2n) is 18.1. The molecule has 4 unspecified atom stereocenters. The van der Waals surface area contributed by atoms with Crippen LogP contribution in [-0.2, 0) is 14.3 Å². The zero-order valence-electron chi connectivity index (χ0n) is 38.0. The maximum atomic E-state index is 13.1. The van der Waals surface area contributed by atoms with Gasteiger partial charge in [-0.15, -0.1) is 0 Å². The summed E-state index contributed by atoms with van der Waals surface area (Å²) in [4.78, 5) is 13.1. The minimum absolute atomic E-state index is 0.155. The molecule has 1 rings (SSSR count). The van der Waals surface area contributed by atoms with Crippen molar-refractivity contribution in [2.75, 3.05) is 13.2 Å². The molecule has 1 aliphatic rings. The van der Waals surface area contributed by atoms with Crippen molar-refractivity contribution < 1.29 is 44.9 Å². The summed E-state index contributed by atoms with van der Waals surface area (Å²) in [5.74, 6) is 0.107. The molecular weight excluding hydrogens is 749 g/mol. The van der Waals surface area contributed by atoms with E-state index in [9.17, 15) is 35.4 Å². The van der Waals surface area contributed by atoms with Crippen LogP contribution < -0.4 is 11.1 Å². The number of amides is 1. The fraction of sp³-hybridized carbons (Fsp3) is 0.938. The van der Waals surface area contributed by atoms with E-state index in [2.05, 4.69) is 26.1 Å². The first-order valence-corrected chi connectivity index (χ1v) is 24.5. The summed E-state index contributed by atoms with van der Waals surface area (Å²) in [6.45, 7) is 5.88. The van der Waals surface area contributed by atoms with Crippen LogP contribution in [0.15, 0.2) is 12.2 Å². The van der Waals surface area contributed by atoms with Crippen molar-refractivity contribution >= 4 is 5.91 Å². The lowest BCUT2D eigenvalue weighted by atomic mass is 9.97. The van der Waals surface area contributed by atoms with E-state index in [4.69, 9.17) is 15.2 Å². The third kappa shape index (κ3) is 28.2. The van der Waals surface area contributed by atoms with Crippen LogP contribution in [0.5, 0.6) is 0 Å². The van der Waals surface area contributed by atoms with Crippen LogP contribution in [0.3, 0.4) is 0 Å². The van der Waals surface area contributed by atoms with E-state index >= 15 is 0 Å². The molecular formula is C48H94N2O9. The van der Waals surface area contributed by atoms with E-state index in [1.807, 2.05) is 12.2 Å². The lowest BCUT2D eigenvalue weighted by Crippen LogP contribution is -2.63. The SMILES string of the molecule is CCCCCCCCCCCCCCCCCCCCC(O)C(=O)NC(CO[C@@H]1O[C@H](CO)[C@@H](O)[C@H](O)[C@H]1N)C(O)C(O)C/C=C/CCCCCCCCCCC(C)C. The van der Waals surface area contributed by atoms with Crippen LogP contribution >= 0.6 is 0 Å². The number of nitrogens with two attached hydrogens (primary N) is 1. The highest BCUT2D eigenvalue weighted by Crippen LogP contribution is 2.22. The van der Waals surface area contributed by atoms with Crippen LogP contribution in [0, 0.1) is 5.92 Å². The molecule has 0 radical (unpaired) electrons. The molecule has 9 atom stereocenters. The Morgan fingerprint density at radius 3 is 1.61 bits per heavy atom. The summed E-state index contributed by atoms with van der Waals surface area (Å²) >= 11 is 0. The van der Waals surface area contributed by atoms with Crippen molar-refractivity contribution in [1.82, 2.24) is 5.32 Å². The first-order chi connectivity index (χ1) is 28.5. The minimum Gasteiger partial charge on any atom is -0.394 e. The first kappa shape index (κ1) is 55.9. The number of allylic oxidation sites excluding steroid dienone is 1. The number of carbonyl (C=O) groups is 1. The molecule has 1 amide bonds. The fourth-order valence-corrected chi connectivity index (χ4v) is 7.96. The molecule has 0 spiro atoms. The molecule has 0 aromatic carbocycles. The van der Waals surface area contributed by atoms with E-state index in [1.165, 1.54) is 135 Å². The van der Waals surface area contributed by atoms with Crippen LogP contribution in [0.25, 0.3) is 0 Å². The quantitative estimate of drug-likeness (QED) is 0.0220. The molecule has 59 heavy (non-hydrogen) atoms. The molecule has 1 aliphatic heterocycles. The Kier molecular flexibility index (Phi) is 35.4. The summed E-state index contributed by atoms with van der Waals surface area (Å²) in [6.07, 6.45) is 29.8. The Bertz CT molecular complexity index is 986. The number of rotatable bonds is 40. The van der Waals surface area contributed by atoms with Gasteiger partial charge in [0.05, 0.1) is 31.4 Å². The summed E-state index contributed by atoms with van der Waals surface area (Å²) in [6, 6.07) is -2.31. The molecule has 1 fully saturated rings. The number of aliphatic hydroxyl groups is 6. The highest BCUT2D eigenvalue weighted by atomic mass is 16.7. The lowest BCUT2D eigenvalue weighted by molar-refractivity contribution is -0.268. The molecule has 350 valence electrons. The molecule has 1 saturated heterocycles. The highest BCUT2D eigenvalue weighted by molar-refractivity contribution is 5.80. The number of hydrogen-bond donors (Lipinski definition) is 8. The molecule has 0 aromatic heterocycles. The molecule has 1 heterocycles. The van der Waals surface area contributed by atoms with E-state index in [1.54, 1.807) is 0 Å². The van der Waals surface area contributed by atoms with Gasteiger partial charge in [0, 0.05) is 0 Å². The van der Waals surface area contributed by atoms with Gasteiger partial charge in [-0.3, -0.25) is 4.79 Å². The predicted octanol–water partition coefficient (Wildman–Crippen LogP) is 8.27. The Hall–Kier alpha value is -1.15. The number of ether oxygens (including phenoxy) is 2. The second-order valence-corrected chi connectivity index (χ2v) is 18.1. The summed E-state index contributed by atoms with van der Waals surface area (Å²) in [5, 5.41) is 65.6. The van der Waals surface area contributed by atoms with Crippen molar-refractivity contribution in [3.05, 3.63) is 12.2 Å². The van der Waals surface area contributed by atoms with Crippen molar-refractivity contribution in [2.45, 2.75) is 268 Å². The fourth-order valence-electron chi connectivity index (χ4n) is 7.96. The summed E-state index contributed by atoms with van der Waals surface area (Å²) in [7, 11) is 0. The minimum atomic E-state index is -1.45. The van der Waals surface area contributed by atoms with Crippen LogP contribution in [0.2, 0.25) is 0 Å². The van der Waals surface area contributed by atoms with Gasteiger partial charge in [0.1, 0.15) is 30.5 Å². The van der Waals surface area contributed by atoms with Gasteiger partial charge >= 0.3 is 0 Å². The lowest BCUT2D eigenvalue weighted by Gasteiger charge is -2.41. The number of aliphatic hydroxyl groups excluding tert-OH is 6. The van der Waals surface area contributed by atoms with Gasteiger partial charge in [-0.05, 0) is 31.6 Å². The zero-order valence-corrected chi connectivity index (χ0v) is 38.0. The Balaban J connectivity index is 2.43. The van der Waals surface area contributed by atoms with Gasteiger partial charge in [0.2, 0.25) is 5.91 Å². The number of hydrogen-bond acceptors (Lipinski definition) is 10. The van der Waals surface area contributed by atoms with Crippen molar-refractivity contribution in [2.24, 2.45) is 11.7 Å². The maximum Gasteiger partial charge on any atom is 0.249 e. The standard InChI is InChI=1S/C48H94N2O9/c1-4-5-6-7-8-9-10-11-12-13-14-15-16-19-23-26-29-32-35-41(53)47(57)50-39(37-58-48-43(49)46(56)45(55)42(36-51)59-48)44(54)40(52)34-31-28-25-22-20-17-18-21-24-27-30-33-38(2)3/h28,31,38-46,48,51-56H,4-27,29-30,32-37,49H2,1-3H3,(H,50,57)/b31-28+/t39?,40?,41?,42-,43-,44?,45-,46-,48-/m1/s1. The van der Waals surface area contributed by atoms with E-state index in [-0.39, 0.29) is 19.4 Å². The molecule has 11 nitrogen and oxygen atoms in total. The van der Waals surface area contributed by atoms with Crippen LogP contribution in [0.1, 0.15) is 213 Å². The van der Waals surface area contributed by atoms with E-state index in [0.717, 1.165) is 44.4 Å². The monoisotopic (exact) mass is 843 g/mol. The Morgan fingerprint density at radius 2 is 1.14 bits per heavy atom. The molecule has 0 aliphatic carbocycles. The molecule has 0 bridgehead atoms.